The van der Waals surface area contributed by atoms with Crippen LogP contribution in [0.15, 0.2) is 66.1 Å². The van der Waals surface area contributed by atoms with Crippen LogP contribution in [0, 0.1) is 20.8 Å². The number of anilines is 1. The monoisotopic (exact) mass is 427 g/mol. The third-order valence-corrected chi connectivity index (χ3v) is 5.44. The molecule has 0 spiro atoms. The Kier molecular flexibility index (Phi) is 5.45. The number of ether oxygens (including phenoxy) is 1. The Morgan fingerprint density at radius 2 is 1.81 bits per heavy atom. The van der Waals surface area contributed by atoms with Gasteiger partial charge in [0.25, 0.3) is 5.56 Å². The maximum atomic E-state index is 12.7. The van der Waals surface area contributed by atoms with Crippen LogP contribution in [0.25, 0.3) is 22.0 Å². The van der Waals surface area contributed by atoms with Crippen LogP contribution in [0.1, 0.15) is 16.8 Å². The van der Waals surface area contributed by atoms with E-state index in [1.54, 1.807) is 23.9 Å². The molecule has 0 fully saturated rings. The van der Waals surface area contributed by atoms with Gasteiger partial charge >= 0.3 is 0 Å². The molecule has 32 heavy (non-hydrogen) atoms. The lowest BCUT2D eigenvalue weighted by molar-refractivity contribution is -0.111. The van der Waals surface area contributed by atoms with Gasteiger partial charge in [-0.2, -0.15) is 0 Å². The van der Waals surface area contributed by atoms with Crippen molar-refractivity contribution < 1.29 is 9.53 Å². The molecule has 2 heterocycles. The second kappa shape index (κ2) is 8.23. The number of hydrogen-bond acceptors (Lipinski definition) is 3. The molecule has 6 nitrogen and oxygen atoms in total. The summed E-state index contributed by atoms with van der Waals surface area (Å²) in [6, 6.07) is 13.3. The Hall–Kier alpha value is -4.06. The minimum absolute atomic E-state index is 0.0820. The van der Waals surface area contributed by atoms with Crippen LogP contribution in [0.5, 0.6) is 11.5 Å². The molecule has 0 bridgehead atoms. The number of nitrogens with zero attached hydrogens (tertiary/aromatic N) is 1. The SMILES string of the molecule is C=CC(=O)Nc1ccc(Oc2c(C)cccc2C)c(-c2cn(C)c(=O)c3cc(C)[nH]c23)c1. The number of aromatic nitrogens is 2. The molecule has 2 aromatic heterocycles. The van der Waals surface area contributed by atoms with E-state index in [4.69, 9.17) is 4.74 Å². The molecule has 4 rings (SSSR count). The number of fused-ring (bicyclic) bond motifs is 1. The molecule has 1 amide bonds. The number of rotatable bonds is 5. The van der Waals surface area contributed by atoms with Crippen molar-refractivity contribution in [3.05, 3.63) is 88.5 Å². The third kappa shape index (κ3) is 3.83. The van der Waals surface area contributed by atoms with Crippen molar-refractivity contribution in [2.45, 2.75) is 20.8 Å². The van der Waals surface area contributed by atoms with E-state index in [2.05, 4.69) is 16.9 Å². The van der Waals surface area contributed by atoms with Crippen LogP contribution in [-0.2, 0) is 11.8 Å². The molecule has 0 aliphatic heterocycles. The lowest BCUT2D eigenvalue weighted by atomic mass is 10.0. The normalized spacial score (nSPS) is 10.9. The largest absolute Gasteiger partial charge is 0.456 e. The number of benzene rings is 2. The van der Waals surface area contributed by atoms with Gasteiger partial charge in [-0.15, -0.1) is 0 Å². The van der Waals surface area contributed by atoms with Gasteiger partial charge < -0.3 is 19.6 Å². The summed E-state index contributed by atoms with van der Waals surface area (Å²) in [4.78, 5) is 27.9. The number of pyridine rings is 1. The third-order valence-electron chi connectivity index (χ3n) is 5.44. The summed E-state index contributed by atoms with van der Waals surface area (Å²) in [6.07, 6.45) is 3.01. The molecule has 162 valence electrons. The van der Waals surface area contributed by atoms with E-state index in [9.17, 15) is 9.59 Å². The van der Waals surface area contributed by atoms with E-state index in [0.29, 0.717) is 16.8 Å². The van der Waals surface area contributed by atoms with E-state index in [-0.39, 0.29) is 11.5 Å². The van der Waals surface area contributed by atoms with Crippen LogP contribution in [0.3, 0.4) is 0 Å². The van der Waals surface area contributed by atoms with Crippen molar-refractivity contribution in [1.82, 2.24) is 9.55 Å². The summed E-state index contributed by atoms with van der Waals surface area (Å²) in [6.45, 7) is 9.43. The number of aromatic amines is 1. The molecule has 0 saturated carbocycles. The molecule has 2 aromatic carbocycles. The average Bonchev–Trinajstić information content (AvgIpc) is 3.16. The van der Waals surface area contributed by atoms with Crippen molar-refractivity contribution >= 4 is 22.5 Å². The molecule has 0 unspecified atom stereocenters. The molecular weight excluding hydrogens is 402 g/mol. The van der Waals surface area contributed by atoms with Crippen LogP contribution in [0.4, 0.5) is 5.69 Å². The first-order chi connectivity index (χ1) is 15.3. The van der Waals surface area contributed by atoms with Crippen LogP contribution >= 0.6 is 0 Å². The number of nitrogens with one attached hydrogen (secondary N) is 2. The molecule has 0 saturated heterocycles. The highest BCUT2D eigenvalue weighted by molar-refractivity contribution is 6.01. The van der Waals surface area contributed by atoms with E-state index >= 15 is 0 Å². The number of H-pyrrole nitrogens is 1. The first-order valence-electron chi connectivity index (χ1n) is 10.3. The molecule has 0 radical (unpaired) electrons. The summed E-state index contributed by atoms with van der Waals surface area (Å²) in [5, 5.41) is 3.40. The zero-order valence-corrected chi connectivity index (χ0v) is 18.6. The standard InChI is InChI=1S/C26H25N3O3/c1-6-23(30)28-18-10-11-22(32-25-15(2)8-7-9-16(25)3)19(13-18)21-14-29(5)26(31)20-12-17(4)27-24(20)21/h6-14,27H,1H2,2-5H3,(H,28,30). The van der Waals surface area contributed by atoms with Gasteiger partial charge in [-0.05, 0) is 62.2 Å². The van der Waals surface area contributed by atoms with Crippen LogP contribution in [-0.4, -0.2) is 15.5 Å². The van der Waals surface area contributed by atoms with Gasteiger partial charge in [-0.25, -0.2) is 0 Å². The Labute approximate surface area is 186 Å². The Bertz CT molecular complexity index is 1410. The number of carbonyl (C=O) groups is 1. The first kappa shape index (κ1) is 21.2. The summed E-state index contributed by atoms with van der Waals surface area (Å²) < 4.78 is 7.96. The first-order valence-corrected chi connectivity index (χ1v) is 10.3. The van der Waals surface area contributed by atoms with Gasteiger partial charge in [0.1, 0.15) is 11.5 Å². The second-order valence-corrected chi connectivity index (χ2v) is 7.93. The van der Waals surface area contributed by atoms with E-state index in [1.807, 2.05) is 57.2 Å². The minimum Gasteiger partial charge on any atom is -0.456 e. The molecule has 0 atom stereocenters. The van der Waals surface area contributed by atoms with Crippen molar-refractivity contribution in [3.8, 4) is 22.6 Å². The number of amides is 1. The maximum Gasteiger partial charge on any atom is 0.259 e. The number of carbonyl (C=O) groups excluding carboxylic acids is 1. The zero-order valence-electron chi connectivity index (χ0n) is 18.6. The van der Waals surface area contributed by atoms with Crippen molar-refractivity contribution in [1.29, 1.82) is 0 Å². The van der Waals surface area contributed by atoms with Gasteiger partial charge in [0.05, 0.1) is 10.9 Å². The zero-order chi connectivity index (χ0) is 23.0. The number of para-hydroxylation sites is 1. The van der Waals surface area contributed by atoms with Gasteiger partial charge in [0, 0.05) is 35.8 Å². The Morgan fingerprint density at radius 1 is 1.09 bits per heavy atom. The van der Waals surface area contributed by atoms with Gasteiger partial charge in [0.2, 0.25) is 5.91 Å². The highest BCUT2D eigenvalue weighted by Crippen LogP contribution is 2.39. The summed E-state index contributed by atoms with van der Waals surface area (Å²) in [7, 11) is 1.73. The number of hydrogen-bond donors (Lipinski definition) is 2. The van der Waals surface area contributed by atoms with Gasteiger partial charge in [0.15, 0.2) is 0 Å². The van der Waals surface area contributed by atoms with Crippen LogP contribution < -0.4 is 15.6 Å². The van der Waals surface area contributed by atoms with Crippen molar-refractivity contribution in [3.63, 3.8) is 0 Å². The summed E-state index contributed by atoms with van der Waals surface area (Å²) in [5.41, 5.74) is 5.71. The topological polar surface area (TPSA) is 76.1 Å². The fraction of sp³-hybridized carbons (Fsp3) is 0.154. The van der Waals surface area contributed by atoms with Crippen molar-refractivity contribution in [2.75, 3.05) is 5.32 Å². The summed E-state index contributed by atoms with van der Waals surface area (Å²) in [5.74, 6) is 1.09. The fourth-order valence-corrected chi connectivity index (χ4v) is 3.85. The molecule has 0 aliphatic rings. The predicted octanol–water partition coefficient (Wildman–Crippen LogP) is 5.38. The highest BCUT2D eigenvalue weighted by Gasteiger charge is 2.18. The smallest absolute Gasteiger partial charge is 0.259 e. The van der Waals surface area contributed by atoms with E-state index in [1.165, 1.54) is 6.08 Å². The Balaban J connectivity index is 1.97. The van der Waals surface area contributed by atoms with E-state index < -0.39 is 0 Å². The van der Waals surface area contributed by atoms with E-state index in [0.717, 1.165) is 39.2 Å². The fourth-order valence-electron chi connectivity index (χ4n) is 3.85. The Morgan fingerprint density at radius 3 is 2.50 bits per heavy atom. The van der Waals surface area contributed by atoms with Gasteiger partial charge in [-0.3, -0.25) is 9.59 Å². The highest BCUT2D eigenvalue weighted by atomic mass is 16.5. The molecule has 0 aliphatic carbocycles. The minimum atomic E-state index is -0.305. The molecule has 2 N–H and O–H groups in total. The maximum absolute atomic E-state index is 12.7. The molecular formula is C26H25N3O3. The quantitative estimate of drug-likeness (QED) is 0.420. The molecule has 4 aromatic rings. The van der Waals surface area contributed by atoms with Crippen molar-refractivity contribution in [2.24, 2.45) is 7.05 Å². The number of aryl methyl sites for hydroxylation is 4. The van der Waals surface area contributed by atoms with Gasteiger partial charge in [-0.1, -0.05) is 24.8 Å². The lowest BCUT2D eigenvalue weighted by Gasteiger charge is -2.17. The average molecular weight is 428 g/mol. The second-order valence-electron chi connectivity index (χ2n) is 7.93. The lowest BCUT2D eigenvalue weighted by Crippen LogP contribution is -2.16. The predicted molar refractivity (Wildman–Crippen MR) is 129 cm³/mol. The van der Waals surface area contributed by atoms with Crippen LogP contribution in [0.2, 0.25) is 0 Å². The summed E-state index contributed by atoms with van der Waals surface area (Å²) >= 11 is 0. The molecule has 6 heteroatoms.